The quantitative estimate of drug-likeness (QED) is 0.759. The summed E-state index contributed by atoms with van der Waals surface area (Å²) in [5, 5.41) is 6.45. The highest BCUT2D eigenvalue weighted by molar-refractivity contribution is 5.81. The number of carbonyl (C=O) groups excluding carboxylic acids is 1. The second-order valence-corrected chi connectivity index (χ2v) is 8.23. The van der Waals surface area contributed by atoms with E-state index in [1.807, 2.05) is 0 Å². The van der Waals surface area contributed by atoms with E-state index in [9.17, 15) is 4.79 Å². The van der Waals surface area contributed by atoms with E-state index in [4.69, 9.17) is 0 Å². The molecule has 0 bridgehead atoms. The Labute approximate surface area is 131 Å². The Morgan fingerprint density at radius 2 is 1.81 bits per heavy atom. The summed E-state index contributed by atoms with van der Waals surface area (Å²) in [6, 6.07) is 0.463. The maximum Gasteiger partial charge on any atom is 0.236 e. The van der Waals surface area contributed by atoms with Crippen molar-refractivity contribution in [3.8, 4) is 0 Å². The fourth-order valence-electron chi connectivity index (χ4n) is 3.52. The fraction of sp³-hybridized carbons (Fsp3) is 0.944. The van der Waals surface area contributed by atoms with E-state index in [2.05, 4.69) is 45.3 Å². The Bertz CT molecular complexity index is 320. The third kappa shape index (κ3) is 6.37. The summed E-state index contributed by atoms with van der Waals surface area (Å²) in [5.41, 5.74) is 0.410. The van der Waals surface area contributed by atoms with Gasteiger partial charge in [0.1, 0.15) is 0 Å². The predicted molar refractivity (Wildman–Crippen MR) is 90.3 cm³/mol. The van der Waals surface area contributed by atoms with Gasteiger partial charge in [-0.15, -0.1) is 0 Å². The SMILES string of the molecule is CNC(=O)C(CC(C)C)NC1CCCC(C(C)(C)C)CC1. The molecule has 1 aliphatic carbocycles. The van der Waals surface area contributed by atoms with Crippen LogP contribution in [0.25, 0.3) is 0 Å². The number of likely N-dealkylation sites (N-methyl/N-ethyl adjacent to an activating group) is 1. The van der Waals surface area contributed by atoms with Crippen molar-refractivity contribution in [2.24, 2.45) is 17.3 Å². The molecule has 0 radical (unpaired) electrons. The molecule has 0 aromatic heterocycles. The van der Waals surface area contributed by atoms with Gasteiger partial charge < -0.3 is 10.6 Å². The van der Waals surface area contributed by atoms with Crippen molar-refractivity contribution >= 4 is 5.91 Å². The van der Waals surface area contributed by atoms with Gasteiger partial charge in [-0.05, 0) is 49.4 Å². The summed E-state index contributed by atoms with van der Waals surface area (Å²) >= 11 is 0. The average Bonchev–Trinajstić information content (AvgIpc) is 2.61. The van der Waals surface area contributed by atoms with Crippen molar-refractivity contribution in [2.75, 3.05) is 7.05 Å². The lowest BCUT2D eigenvalue weighted by Gasteiger charge is -2.30. The predicted octanol–water partition coefficient (Wildman–Crippen LogP) is 3.73. The first-order chi connectivity index (χ1) is 9.74. The zero-order valence-corrected chi connectivity index (χ0v) is 15.0. The molecule has 0 saturated heterocycles. The Morgan fingerprint density at radius 3 is 2.33 bits per heavy atom. The summed E-state index contributed by atoms with van der Waals surface area (Å²) < 4.78 is 0. The van der Waals surface area contributed by atoms with Crippen molar-refractivity contribution < 1.29 is 4.79 Å². The number of rotatable bonds is 5. The minimum absolute atomic E-state index is 0.0359. The van der Waals surface area contributed by atoms with Crippen molar-refractivity contribution in [3.05, 3.63) is 0 Å². The van der Waals surface area contributed by atoms with Gasteiger partial charge in [-0.25, -0.2) is 0 Å². The molecule has 3 nitrogen and oxygen atoms in total. The van der Waals surface area contributed by atoms with Crippen molar-refractivity contribution in [1.29, 1.82) is 0 Å². The topological polar surface area (TPSA) is 41.1 Å². The maximum absolute atomic E-state index is 12.1. The Morgan fingerprint density at radius 1 is 1.14 bits per heavy atom. The number of hydrogen-bond acceptors (Lipinski definition) is 2. The molecule has 0 aromatic rings. The normalized spacial score (nSPS) is 25.5. The highest BCUT2D eigenvalue weighted by Gasteiger charge is 2.29. The summed E-state index contributed by atoms with van der Waals surface area (Å²) in [5.74, 6) is 1.49. The molecule has 1 aliphatic rings. The minimum atomic E-state index is -0.0359. The van der Waals surface area contributed by atoms with Crippen LogP contribution in [0.2, 0.25) is 0 Å². The number of hydrogen-bond donors (Lipinski definition) is 2. The third-order valence-corrected chi connectivity index (χ3v) is 4.90. The summed E-state index contributed by atoms with van der Waals surface area (Å²) in [6.07, 6.45) is 7.21. The van der Waals surface area contributed by atoms with Crippen molar-refractivity contribution in [3.63, 3.8) is 0 Å². The summed E-state index contributed by atoms with van der Waals surface area (Å²) in [6.45, 7) is 11.4. The van der Waals surface area contributed by atoms with Crippen LogP contribution in [0.15, 0.2) is 0 Å². The standard InChI is InChI=1S/C18H36N2O/c1-13(2)12-16(17(21)19-6)20-15-9-7-8-14(10-11-15)18(3,4)5/h13-16,20H,7-12H2,1-6H3,(H,19,21). The van der Waals surface area contributed by atoms with Crippen LogP contribution in [0, 0.1) is 17.3 Å². The van der Waals surface area contributed by atoms with Crippen molar-refractivity contribution in [1.82, 2.24) is 10.6 Å². The summed E-state index contributed by atoms with van der Waals surface area (Å²) in [7, 11) is 1.74. The Kier molecular flexibility index (Phi) is 7.19. The van der Waals surface area contributed by atoms with Gasteiger partial charge in [0.05, 0.1) is 6.04 Å². The smallest absolute Gasteiger partial charge is 0.236 e. The lowest BCUT2D eigenvalue weighted by molar-refractivity contribution is -0.123. The van der Waals surface area contributed by atoms with E-state index in [-0.39, 0.29) is 11.9 Å². The van der Waals surface area contributed by atoms with Crippen LogP contribution >= 0.6 is 0 Å². The van der Waals surface area contributed by atoms with Gasteiger partial charge >= 0.3 is 0 Å². The molecular formula is C18H36N2O. The first-order valence-corrected chi connectivity index (χ1v) is 8.71. The lowest BCUT2D eigenvalue weighted by Crippen LogP contribution is -2.48. The van der Waals surface area contributed by atoms with Gasteiger partial charge in [0.15, 0.2) is 0 Å². The third-order valence-electron chi connectivity index (χ3n) is 4.90. The molecule has 3 atom stereocenters. The van der Waals surface area contributed by atoms with Crippen LogP contribution in [-0.4, -0.2) is 25.0 Å². The van der Waals surface area contributed by atoms with Crippen LogP contribution in [0.1, 0.15) is 73.1 Å². The molecule has 0 aromatic carbocycles. The highest BCUT2D eigenvalue weighted by Crippen LogP contribution is 2.36. The molecule has 2 N–H and O–H groups in total. The average molecular weight is 296 g/mol. The molecule has 3 unspecified atom stereocenters. The zero-order valence-electron chi connectivity index (χ0n) is 15.0. The molecule has 0 aliphatic heterocycles. The monoisotopic (exact) mass is 296 g/mol. The van der Waals surface area contributed by atoms with E-state index >= 15 is 0 Å². The molecule has 0 heterocycles. The van der Waals surface area contributed by atoms with Crippen LogP contribution in [0.3, 0.4) is 0 Å². The highest BCUT2D eigenvalue weighted by atomic mass is 16.2. The second kappa shape index (κ2) is 8.17. The zero-order chi connectivity index (χ0) is 16.0. The molecule has 1 rings (SSSR count). The number of amides is 1. The van der Waals surface area contributed by atoms with E-state index in [1.54, 1.807) is 7.05 Å². The van der Waals surface area contributed by atoms with Gasteiger partial charge in [0, 0.05) is 13.1 Å². The van der Waals surface area contributed by atoms with Crippen LogP contribution in [-0.2, 0) is 4.79 Å². The number of carbonyl (C=O) groups is 1. The lowest BCUT2D eigenvalue weighted by atomic mass is 9.76. The van der Waals surface area contributed by atoms with Crippen LogP contribution in [0.5, 0.6) is 0 Å². The number of nitrogens with one attached hydrogen (secondary N) is 2. The van der Waals surface area contributed by atoms with Crippen LogP contribution < -0.4 is 10.6 Å². The van der Waals surface area contributed by atoms with E-state index < -0.39 is 0 Å². The van der Waals surface area contributed by atoms with Gasteiger partial charge in [0.25, 0.3) is 0 Å². The molecule has 1 amide bonds. The van der Waals surface area contributed by atoms with Gasteiger partial charge in [-0.1, -0.05) is 41.0 Å². The fourth-order valence-corrected chi connectivity index (χ4v) is 3.52. The second-order valence-electron chi connectivity index (χ2n) is 8.23. The molecule has 3 heteroatoms. The first-order valence-electron chi connectivity index (χ1n) is 8.71. The van der Waals surface area contributed by atoms with Gasteiger partial charge in [0.2, 0.25) is 5.91 Å². The molecule has 1 saturated carbocycles. The largest absolute Gasteiger partial charge is 0.358 e. The van der Waals surface area contributed by atoms with Crippen molar-refractivity contribution in [2.45, 2.75) is 85.2 Å². The molecule has 21 heavy (non-hydrogen) atoms. The molecule has 0 spiro atoms. The Hall–Kier alpha value is -0.570. The van der Waals surface area contributed by atoms with Crippen LogP contribution in [0.4, 0.5) is 0 Å². The maximum atomic E-state index is 12.1. The Balaban J connectivity index is 2.58. The molecule has 124 valence electrons. The summed E-state index contributed by atoms with van der Waals surface area (Å²) in [4.78, 5) is 12.1. The first kappa shape index (κ1) is 18.5. The molecule has 1 fully saturated rings. The van der Waals surface area contributed by atoms with E-state index in [1.165, 1.54) is 32.1 Å². The molecular weight excluding hydrogens is 260 g/mol. The van der Waals surface area contributed by atoms with E-state index in [0.717, 1.165) is 12.3 Å². The minimum Gasteiger partial charge on any atom is -0.358 e. The van der Waals surface area contributed by atoms with Gasteiger partial charge in [-0.2, -0.15) is 0 Å². The van der Waals surface area contributed by atoms with Gasteiger partial charge in [-0.3, -0.25) is 4.79 Å². The van der Waals surface area contributed by atoms with E-state index in [0.29, 0.717) is 17.4 Å².